The van der Waals surface area contributed by atoms with E-state index in [0.29, 0.717) is 10.6 Å². The van der Waals surface area contributed by atoms with Crippen LogP contribution in [0.5, 0.6) is 0 Å². The van der Waals surface area contributed by atoms with Gasteiger partial charge in [0.1, 0.15) is 5.82 Å². The van der Waals surface area contributed by atoms with Crippen molar-refractivity contribution in [2.45, 2.75) is 13.0 Å². The first-order valence-corrected chi connectivity index (χ1v) is 5.74. The zero-order valence-corrected chi connectivity index (χ0v) is 10.2. The Morgan fingerprint density at radius 3 is 2.41 bits per heavy atom. The topological polar surface area (TPSA) is 26.0 Å². The standard InChI is InChI=1S/C14H13ClFN/c1-9-10(6-4-7-12(9)15)14(17)11-5-2-3-8-13(11)16/h2-8,14H,17H2,1H3. The lowest BCUT2D eigenvalue weighted by Gasteiger charge is -2.16. The van der Waals surface area contributed by atoms with Gasteiger partial charge in [0, 0.05) is 10.6 Å². The number of halogens is 2. The van der Waals surface area contributed by atoms with E-state index in [1.807, 2.05) is 19.1 Å². The molecular formula is C14H13ClFN. The summed E-state index contributed by atoms with van der Waals surface area (Å²) in [5, 5.41) is 0.647. The van der Waals surface area contributed by atoms with Crippen molar-refractivity contribution >= 4 is 11.6 Å². The molecule has 0 aliphatic heterocycles. The van der Waals surface area contributed by atoms with Gasteiger partial charge in [0.25, 0.3) is 0 Å². The van der Waals surface area contributed by atoms with E-state index in [0.717, 1.165) is 11.1 Å². The molecule has 2 rings (SSSR count). The van der Waals surface area contributed by atoms with Crippen molar-refractivity contribution in [2.75, 3.05) is 0 Å². The van der Waals surface area contributed by atoms with Gasteiger partial charge in [0.05, 0.1) is 6.04 Å². The van der Waals surface area contributed by atoms with Crippen LogP contribution in [0.2, 0.25) is 5.02 Å². The Hall–Kier alpha value is -1.38. The van der Waals surface area contributed by atoms with Crippen molar-refractivity contribution in [1.82, 2.24) is 0 Å². The van der Waals surface area contributed by atoms with E-state index < -0.39 is 6.04 Å². The fourth-order valence-electron chi connectivity index (χ4n) is 1.86. The molecule has 2 N–H and O–H groups in total. The Morgan fingerprint density at radius 1 is 1.06 bits per heavy atom. The first-order chi connectivity index (χ1) is 8.11. The van der Waals surface area contributed by atoms with Crippen LogP contribution in [0.3, 0.4) is 0 Å². The molecule has 0 aliphatic carbocycles. The molecule has 2 aromatic carbocycles. The van der Waals surface area contributed by atoms with E-state index in [1.165, 1.54) is 6.07 Å². The zero-order chi connectivity index (χ0) is 12.4. The third kappa shape index (κ3) is 2.33. The molecular weight excluding hydrogens is 237 g/mol. The third-order valence-corrected chi connectivity index (χ3v) is 3.29. The molecule has 2 aromatic rings. The van der Waals surface area contributed by atoms with Gasteiger partial charge in [-0.05, 0) is 30.2 Å². The molecule has 0 amide bonds. The van der Waals surface area contributed by atoms with Gasteiger partial charge < -0.3 is 5.73 Å². The van der Waals surface area contributed by atoms with E-state index >= 15 is 0 Å². The van der Waals surface area contributed by atoms with Crippen LogP contribution < -0.4 is 5.73 Å². The summed E-state index contributed by atoms with van der Waals surface area (Å²) in [5.74, 6) is -0.292. The molecule has 0 saturated heterocycles. The van der Waals surface area contributed by atoms with Gasteiger partial charge in [-0.2, -0.15) is 0 Å². The maximum atomic E-state index is 13.6. The van der Waals surface area contributed by atoms with E-state index in [4.69, 9.17) is 17.3 Å². The summed E-state index contributed by atoms with van der Waals surface area (Å²) in [6, 6.07) is 11.5. The highest BCUT2D eigenvalue weighted by Gasteiger charge is 2.15. The minimum Gasteiger partial charge on any atom is -0.320 e. The molecule has 3 heteroatoms. The number of nitrogens with two attached hydrogens (primary N) is 1. The largest absolute Gasteiger partial charge is 0.320 e. The van der Waals surface area contributed by atoms with Crippen molar-refractivity contribution in [1.29, 1.82) is 0 Å². The highest BCUT2D eigenvalue weighted by molar-refractivity contribution is 6.31. The SMILES string of the molecule is Cc1c(Cl)cccc1C(N)c1ccccc1F. The molecule has 0 saturated carbocycles. The Morgan fingerprint density at radius 2 is 1.71 bits per heavy atom. The second-order valence-electron chi connectivity index (χ2n) is 3.95. The first kappa shape index (κ1) is 12.1. The maximum Gasteiger partial charge on any atom is 0.128 e. The molecule has 1 atom stereocenters. The fraction of sp³-hybridized carbons (Fsp3) is 0.143. The van der Waals surface area contributed by atoms with Crippen LogP contribution in [-0.4, -0.2) is 0 Å². The zero-order valence-electron chi connectivity index (χ0n) is 9.45. The molecule has 0 aromatic heterocycles. The van der Waals surface area contributed by atoms with E-state index in [-0.39, 0.29) is 5.82 Å². The Kier molecular flexibility index (Phi) is 3.46. The molecule has 0 heterocycles. The van der Waals surface area contributed by atoms with Gasteiger partial charge in [-0.1, -0.05) is 41.9 Å². The summed E-state index contributed by atoms with van der Waals surface area (Å²) in [5.41, 5.74) is 8.32. The van der Waals surface area contributed by atoms with Crippen LogP contribution in [0.15, 0.2) is 42.5 Å². The molecule has 17 heavy (non-hydrogen) atoms. The smallest absolute Gasteiger partial charge is 0.128 e. The summed E-state index contributed by atoms with van der Waals surface area (Å²) < 4.78 is 13.6. The van der Waals surface area contributed by atoms with Crippen molar-refractivity contribution in [2.24, 2.45) is 5.73 Å². The number of hydrogen-bond donors (Lipinski definition) is 1. The van der Waals surface area contributed by atoms with E-state index in [2.05, 4.69) is 0 Å². The molecule has 1 nitrogen and oxygen atoms in total. The van der Waals surface area contributed by atoms with Gasteiger partial charge in [-0.25, -0.2) is 4.39 Å². The van der Waals surface area contributed by atoms with Gasteiger partial charge in [-0.15, -0.1) is 0 Å². The van der Waals surface area contributed by atoms with Crippen LogP contribution >= 0.6 is 11.6 Å². The molecule has 0 fully saturated rings. The Bertz CT molecular complexity index is 539. The summed E-state index contributed by atoms with van der Waals surface area (Å²) in [6.07, 6.45) is 0. The Labute approximate surface area is 105 Å². The third-order valence-electron chi connectivity index (χ3n) is 2.88. The highest BCUT2D eigenvalue weighted by Crippen LogP contribution is 2.28. The lowest BCUT2D eigenvalue weighted by atomic mass is 9.95. The number of rotatable bonds is 2. The fourth-order valence-corrected chi connectivity index (χ4v) is 2.04. The molecule has 0 aliphatic rings. The van der Waals surface area contributed by atoms with Gasteiger partial charge in [0.15, 0.2) is 0 Å². The number of hydrogen-bond acceptors (Lipinski definition) is 1. The van der Waals surface area contributed by atoms with E-state index in [1.54, 1.807) is 24.3 Å². The lowest BCUT2D eigenvalue weighted by molar-refractivity contribution is 0.599. The van der Waals surface area contributed by atoms with Crippen molar-refractivity contribution in [3.8, 4) is 0 Å². The van der Waals surface area contributed by atoms with Crippen molar-refractivity contribution in [3.63, 3.8) is 0 Å². The average Bonchev–Trinajstić information content (AvgIpc) is 2.32. The molecule has 0 radical (unpaired) electrons. The summed E-state index contributed by atoms with van der Waals surface area (Å²) in [6.45, 7) is 1.89. The monoisotopic (exact) mass is 249 g/mol. The highest BCUT2D eigenvalue weighted by atomic mass is 35.5. The van der Waals surface area contributed by atoms with Crippen LogP contribution in [-0.2, 0) is 0 Å². The average molecular weight is 250 g/mol. The predicted molar refractivity (Wildman–Crippen MR) is 68.6 cm³/mol. The summed E-state index contributed by atoms with van der Waals surface area (Å²) >= 11 is 6.04. The first-order valence-electron chi connectivity index (χ1n) is 5.36. The second kappa shape index (κ2) is 4.86. The van der Waals surface area contributed by atoms with Gasteiger partial charge in [0.2, 0.25) is 0 Å². The maximum absolute atomic E-state index is 13.6. The van der Waals surface area contributed by atoms with Crippen LogP contribution in [0.1, 0.15) is 22.7 Å². The molecule has 0 bridgehead atoms. The summed E-state index contributed by atoms with van der Waals surface area (Å²) in [7, 11) is 0. The van der Waals surface area contributed by atoms with Crippen molar-refractivity contribution in [3.05, 3.63) is 70.0 Å². The minimum atomic E-state index is -0.491. The quantitative estimate of drug-likeness (QED) is 0.860. The lowest BCUT2D eigenvalue weighted by Crippen LogP contribution is -2.14. The Balaban J connectivity index is 2.48. The normalized spacial score (nSPS) is 12.5. The van der Waals surface area contributed by atoms with Crippen LogP contribution in [0.4, 0.5) is 4.39 Å². The predicted octanol–water partition coefficient (Wildman–Crippen LogP) is 3.84. The van der Waals surface area contributed by atoms with Crippen LogP contribution in [0.25, 0.3) is 0 Å². The van der Waals surface area contributed by atoms with Crippen molar-refractivity contribution < 1.29 is 4.39 Å². The summed E-state index contributed by atoms with van der Waals surface area (Å²) in [4.78, 5) is 0. The van der Waals surface area contributed by atoms with E-state index in [9.17, 15) is 4.39 Å². The molecule has 1 unspecified atom stereocenters. The molecule has 0 spiro atoms. The van der Waals surface area contributed by atoms with Gasteiger partial charge >= 0.3 is 0 Å². The molecule has 88 valence electrons. The minimum absolute atomic E-state index is 0.292. The van der Waals surface area contributed by atoms with Crippen LogP contribution in [0, 0.1) is 12.7 Å². The number of benzene rings is 2. The van der Waals surface area contributed by atoms with Gasteiger partial charge in [-0.3, -0.25) is 0 Å². The second-order valence-corrected chi connectivity index (χ2v) is 4.36.